The number of aromatic nitrogens is 2. The Balaban J connectivity index is 1.97. The highest BCUT2D eigenvalue weighted by molar-refractivity contribution is 5.68. The lowest BCUT2D eigenvalue weighted by molar-refractivity contribution is 1.04. The van der Waals surface area contributed by atoms with Crippen LogP contribution in [0.5, 0.6) is 0 Å². The Morgan fingerprint density at radius 3 is 2.42 bits per heavy atom. The standard InChI is InChI=1S/C19H21N5/c1-13-8-7-9-15(12-13)21-18-14(2)17(20)22-19(23-18)24(3)16-10-5-4-6-11-16/h4-12H,1-3H3,(H3,20,21,22,23). The smallest absolute Gasteiger partial charge is 0.233 e. The number of anilines is 5. The molecule has 0 aliphatic heterocycles. The molecule has 24 heavy (non-hydrogen) atoms. The van der Waals surface area contributed by atoms with Crippen molar-refractivity contribution in [1.82, 2.24) is 9.97 Å². The Morgan fingerprint density at radius 1 is 0.958 bits per heavy atom. The summed E-state index contributed by atoms with van der Waals surface area (Å²) in [5, 5.41) is 3.34. The highest BCUT2D eigenvalue weighted by atomic mass is 15.3. The molecule has 0 saturated heterocycles. The number of aryl methyl sites for hydroxylation is 1. The summed E-state index contributed by atoms with van der Waals surface area (Å²) in [7, 11) is 1.93. The number of nitrogens with one attached hydrogen (secondary N) is 1. The Labute approximate surface area is 142 Å². The molecule has 3 N–H and O–H groups in total. The van der Waals surface area contributed by atoms with Crippen molar-refractivity contribution >= 4 is 29.0 Å². The van der Waals surface area contributed by atoms with Gasteiger partial charge in [0.2, 0.25) is 5.95 Å². The van der Waals surface area contributed by atoms with Crippen molar-refractivity contribution in [3.63, 3.8) is 0 Å². The third kappa shape index (κ3) is 3.30. The minimum absolute atomic E-state index is 0.470. The summed E-state index contributed by atoms with van der Waals surface area (Å²) in [6.07, 6.45) is 0. The number of nitrogens with zero attached hydrogens (tertiary/aromatic N) is 3. The van der Waals surface area contributed by atoms with E-state index in [1.165, 1.54) is 5.56 Å². The fourth-order valence-corrected chi connectivity index (χ4v) is 2.42. The monoisotopic (exact) mass is 319 g/mol. The molecule has 122 valence electrons. The van der Waals surface area contributed by atoms with E-state index in [9.17, 15) is 0 Å². The van der Waals surface area contributed by atoms with Crippen molar-refractivity contribution in [2.24, 2.45) is 0 Å². The molecular formula is C19H21N5. The zero-order valence-electron chi connectivity index (χ0n) is 14.1. The lowest BCUT2D eigenvalue weighted by atomic mass is 10.2. The van der Waals surface area contributed by atoms with E-state index < -0.39 is 0 Å². The van der Waals surface area contributed by atoms with Gasteiger partial charge in [0.05, 0.1) is 0 Å². The Kier molecular flexibility index (Phi) is 4.33. The van der Waals surface area contributed by atoms with E-state index in [0.29, 0.717) is 17.6 Å². The van der Waals surface area contributed by atoms with Gasteiger partial charge in [0.25, 0.3) is 0 Å². The first-order valence-corrected chi connectivity index (χ1v) is 7.81. The van der Waals surface area contributed by atoms with Gasteiger partial charge in [-0.2, -0.15) is 9.97 Å². The van der Waals surface area contributed by atoms with E-state index in [1.807, 2.05) is 61.3 Å². The molecule has 3 aromatic rings. The number of para-hydroxylation sites is 1. The molecule has 0 aliphatic carbocycles. The predicted octanol–water partition coefficient (Wildman–Crippen LogP) is 4.19. The molecule has 0 saturated carbocycles. The zero-order valence-corrected chi connectivity index (χ0v) is 14.1. The molecule has 0 atom stereocenters. The maximum atomic E-state index is 6.10. The van der Waals surface area contributed by atoms with Crippen LogP contribution in [0.1, 0.15) is 11.1 Å². The van der Waals surface area contributed by atoms with E-state index in [0.717, 1.165) is 16.9 Å². The van der Waals surface area contributed by atoms with Gasteiger partial charge in [-0.25, -0.2) is 0 Å². The molecule has 0 amide bonds. The first kappa shape index (κ1) is 15.8. The molecule has 1 heterocycles. The molecule has 0 aliphatic rings. The van der Waals surface area contributed by atoms with Crippen molar-refractivity contribution in [2.45, 2.75) is 13.8 Å². The molecule has 1 aromatic heterocycles. The van der Waals surface area contributed by atoms with Crippen LogP contribution in [0.3, 0.4) is 0 Å². The fourth-order valence-electron chi connectivity index (χ4n) is 2.42. The van der Waals surface area contributed by atoms with Crippen molar-refractivity contribution in [2.75, 3.05) is 23.0 Å². The minimum Gasteiger partial charge on any atom is -0.383 e. The summed E-state index contributed by atoms with van der Waals surface area (Å²) in [5.41, 5.74) is 10.1. The number of nitrogen functional groups attached to an aromatic ring is 1. The average molecular weight is 319 g/mol. The van der Waals surface area contributed by atoms with Gasteiger partial charge in [-0.15, -0.1) is 0 Å². The van der Waals surface area contributed by atoms with Crippen molar-refractivity contribution in [3.8, 4) is 0 Å². The van der Waals surface area contributed by atoms with E-state index in [2.05, 4.69) is 34.3 Å². The van der Waals surface area contributed by atoms with Gasteiger partial charge in [0, 0.05) is 24.0 Å². The second-order valence-electron chi connectivity index (χ2n) is 5.77. The van der Waals surface area contributed by atoms with E-state index in [4.69, 9.17) is 5.73 Å². The number of hydrogen-bond acceptors (Lipinski definition) is 5. The third-order valence-corrected chi connectivity index (χ3v) is 3.90. The third-order valence-electron chi connectivity index (χ3n) is 3.90. The van der Waals surface area contributed by atoms with Gasteiger partial charge < -0.3 is 16.0 Å². The van der Waals surface area contributed by atoms with Gasteiger partial charge >= 0.3 is 0 Å². The molecule has 2 aromatic carbocycles. The molecule has 5 nitrogen and oxygen atoms in total. The van der Waals surface area contributed by atoms with Crippen molar-refractivity contribution in [3.05, 3.63) is 65.7 Å². The van der Waals surface area contributed by atoms with Crippen LogP contribution in [0, 0.1) is 13.8 Å². The maximum absolute atomic E-state index is 6.10. The van der Waals surface area contributed by atoms with Crippen LogP contribution in [0.2, 0.25) is 0 Å². The maximum Gasteiger partial charge on any atom is 0.233 e. The second kappa shape index (κ2) is 6.58. The van der Waals surface area contributed by atoms with Gasteiger partial charge in [-0.1, -0.05) is 30.3 Å². The average Bonchev–Trinajstić information content (AvgIpc) is 2.59. The summed E-state index contributed by atoms with van der Waals surface area (Å²) in [6, 6.07) is 18.1. The van der Waals surface area contributed by atoms with Gasteiger partial charge in [-0.3, -0.25) is 0 Å². The largest absolute Gasteiger partial charge is 0.383 e. The van der Waals surface area contributed by atoms with Crippen molar-refractivity contribution in [1.29, 1.82) is 0 Å². The lowest BCUT2D eigenvalue weighted by Crippen LogP contribution is -2.15. The van der Waals surface area contributed by atoms with E-state index in [1.54, 1.807) is 0 Å². The van der Waals surface area contributed by atoms with Crippen LogP contribution in [-0.2, 0) is 0 Å². The first-order chi connectivity index (χ1) is 11.5. The molecule has 0 fully saturated rings. The van der Waals surface area contributed by atoms with E-state index in [-0.39, 0.29) is 0 Å². The number of hydrogen-bond donors (Lipinski definition) is 2. The first-order valence-electron chi connectivity index (χ1n) is 7.81. The summed E-state index contributed by atoms with van der Waals surface area (Å²) >= 11 is 0. The molecule has 0 bridgehead atoms. The number of rotatable bonds is 4. The van der Waals surface area contributed by atoms with Crippen LogP contribution in [0.25, 0.3) is 0 Å². The Morgan fingerprint density at radius 2 is 1.71 bits per heavy atom. The predicted molar refractivity (Wildman–Crippen MR) is 100 cm³/mol. The zero-order chi connectivity index (χ0) is 17.1. The molecule has 0 radical (unpaired) electrons. The lowest BCUT2D eigenvalue weighted by Gasteiger charge is -2.20. The van der Waals surface area contributed by atoms with Crippen LogP contribution in [0.15, 0.2) is 54.6 Å². The summed E-state index contributed by atoms with van der Waals surface area (Å²) in [5.74, 6) is 1.74. The summed E-state index contributed by atoms with van der Waals surface area (Å²) in [6.45, 7) is 3.97. The van der Waals surface area contributed by atoms with Crippen LogP contribution >= 0.6 is 0 Å². The van der Waals surface area contributed by atoms with Crippen LogP contribution < -0.4 is 16.0 Å². The SMILES string of the molecule is Cc1cccc(Nc2nc(N(C)c3ccccc3)nc(N)c2C)c1. The highest BCUT2D eigenvalue weighted by Crippen LogP contribution is 2.27. The summed E-state index contributed by atoms with van der Waals surface area (Å²) in [4.78, 5) is 11.0. The Bertz CT molecular complexity index is 846. The second-order valence-corrected chi connectivity index (χ2v) is 5.77. The number of nitrogens with two attached hydrogens (primary N) is 1. The van der Waals surface area contributed by atoms with Crippen LogP contribution in [-0.4, -0.2) is 17.0 Å². The minimum atomic E-state index is 0.470. The van der Waals surface area contributed by atoms with Crippen molar-refractivity contribution < 1.29 is 0 Å². The highest BCUT2D eigenvalue weighted by Gasteiger charge is 2.13. The van der Waals surface area contributed by atoms with E-state index >= 15 is 0 Å². The molecule has 0 unspecified atom stereocenters. The summed E-state index contributed by atoms with van der Waals surface area (Å²) < 4.78 is 0. The molecule has 0 spiro atoms. The molecular weight excluding hydrogens is 298 g/mol. The molecule has 3 rings (SSSR count). The Hall–Kier alpha value is -3.08. The topological polar surface area (TPSA) is 67.1 Å². The quantitative estimate of drug-likeness (QED) is 0.755. The van der Waals surface area contributed by atoms with Gasteiger partial charge in [0.15, 0.2) is 0 Å². The normalized spacial score (nSPS) is 10.5. The molecule has 5 heteroatoms. The fraction of sp³-hybridized carbons (Fsp3) is 0.158. The van der Waals surface area contributed by atoms with Gasteiger partial charge in [-0.05, 0) is 43.7 Å². The number of benzene rings is 2. The van der Waals surface area contributed by atoms with Crippen LogP contribution in [0.4, 0.5) is 29.0 Å². The van der Waals surface area contributed by atoms with Gasteiger partial charge in [0.1, 0.15) is 11.6 Å².